The maximum atomic E-state index is 12.1. The normalized spacial score (nSPS) is 29.6. The fourth-order valence-corrected chi connectivity index (χ4v) is 12.5. The number of fused-ring (bicyclic) bond motifs is 1. The van der Waals surface area contributed by atoms with Gasteiger partial charge in [0.1, 0.15) is 40.0 Å². The van der Waals surface area contributed by atoms with E-state index in [9.17, 15) is 61.9 Å². The zero-order valence-corrected chi connectivity index (χ0v) is 40.7. The number of H-pyrrole nitrogens is 1. The molecular formula is C25H40Cl2N6O27P6. The molecule has 2 saturated heterocycles. The van der Waals surface area contributed by atoms with Crippen molar-refractivity contribution in [1.29, 1.82) is 0 Å². The summed E-state index contributed by atoms with van der Waals surface area (Å²) in [5.74, 6) is 0.564. The van der Waals surface area contributed by atoms with E-state index in [4.69, 9.17) is 61.9 Å². The fourth-order valence-electron chi connectivity index (χ4n) is 5.81. The number of nitrogens with zero attached hydrogens (tertiary/aromatic N) is 5. The third-order valence-corrected chi connectivity index (χ3v) is 16.9. The molecule has 33 nitrogen and oxygen atoms in total. The van der Waals surface area contributed by atoms with E-state index in [1.165, 1.54) is 31.7 Å². The monoisotopic (exact) mass is 1110 g/mol. The molecule has 3 aromatic rings. The van der Waals surface area contributed by atoms with Crippen LogP contribution in [0.4, 0.5) is 0 Å². The predicted molar refractivity (Wildman–Crippen MR) is 215 cm³/mol. The van der Waals surface area contributed by atoms with E-state index in [-0.39, 0.29) is 17.1 Å². The number of ether oxygens (including phenoxy) is 3. The molecule has 0 spiro atoms. The van der Waals surface area contributed by atoms with Crippen molar-refractivity contribution in [1.82, 2.24) is 29.1 Å². The van der Waals surface area contributed by atoms with E-state index in [0.29, 0.717) is 17.9 Å². The first-order chi connectivity index (χ1) is 29.8. The van der Waals surface area contributed by atoms with Gasteiger partial charge >= 0.3 is 52.6 Å². The lowest BCUT2D eigenvalue weighted by atomic mass is 10.0. The Balaban J connectivity index is 0.000000291. The quantitative estimate of drug-likeness (QED) is 0.0613. The molecular weight excluding hydrogens is 1070 g/mol. The standard InChI is InChI=1S/C14H22ClN4O13P3.C11H18ClN2O14P3/c1-4-28-12-9-11(17-7(2)18-12)19(6-16-9)13-14(3,15)10(20)8(30-13)5-29-34(24,25)32-35(26,27)31-33(21,22)23;1-5-3-14(10(17)13-8(5)16)9-11(2,12)7(15)6(26-9)4-25-30(21,22)28-31(23,24)27-29(18,19)20/h6,8,10,13,20H,4-5H2,1-3H3,(H,24,25)(H,26,27)(H2,21,22,23);3,6-7,9,15H,4H2,1-2H3,(H,21,22)(H,23,24)(H,13,16,17)(H2,18,19,20)/t8-,10-,13-,14-;6-,7-,9-,11-/m11/s1. The van der Waals surface area contributed by atoms with E-state index in [1.807, 2.05) is 4.98 Å². The van der Waals surface area contributed by atoms with Gasteiger partial charge in [0, 0.05) is 11.8 Å². The summed E-state index contributed by atoms with van der Waals surface area (Å²) in [6.07, 6.45) is -6.10. The highest BCUT2D eigenvalue weighted by atomic mass is 35.5. The number of rotatable bonds is 18. The van der Waals surface area contributed by atoms with Crippen LogP contribution in [0, 0.1) is 13.8 Å². The highest BCUT2D eigenvalue weighted by molar-refractivity contribution is 7.67. The first kappa shape index (κ1) is 56.9. The largest absolute Gasteiger partial charge is 0.490 e. The number of phosphoric ester groups is 2. The number of aliphatic hydroxyl groups is 2. The van der Waals surface area contributed by atoms with Gasteiger partial charge in [0.05, 0.1) is 26.1 Å². The van der Waals surface area contributed by atoms with Crippen LogP contribution in [0.2, 0.25) is 0 Å². The Morgan fingerprint density at radius 3 is 1.59 bits per heavy atom. The molecule has 2 aliphatic rings. The number of aromatic amines is 1. The summed E-state index contributed by atoms with van der Waals surface area (Å²) in [6.45, 7) is 5.88. The van der Waals surface area contributed by atoms with Crippen molar-refractivity contribution in [2.75, 3.05) is 19.8 Å². The molecule has 66 heavy (non-hydrogen) atoms. The van der Waals surface area contributed by atoms with E-state index < -0.39 is 118 Å². The van der Waals surface area contributed by atoms with Gasteiger partial charge < -0.3 is 63.6 Å². The molecule has 3 aromatic heterocycles. The molecule has 41 heteroatoms. The highest BCUT2D eigenvalue weighted by Gasteiger charge is 2.56. The van der Waals surface area contributed by atoms with Crippen LogP contribution in [-0.4, -0.2) is 132 Å². The Bertz CT molecular complexity index is 2690. The Hall–Kier alpha value is -1.73. The van der Waals surface area contributed by atoms with Crippen molar-refractivity contribution < 1.29 is 117 Å². The Morgan fingerprint density at radius 2 is 1.17 bits per heavy atom. The molecule has 0 aliphatic carbocycles. The number of hydrogen-bond donors (Lipinski definition) is 11. The van der Waals surface area contributed by atoms with Crippen LogP contribution in [0.25, 0.3) is 11.2 Å². The molecule has 0 radical (unpaired) electrons. The van der Waals surface area contributed by atoms with Gasteiger partial charge in [0.25, 0.3) is 5.56 Å². The summed E-state index contributed by atoms with van der Waals surface area (Å²) < 4.78 is 110. The number of aromatic nitrogens is 6. The van der Waals surface area contributed by atoms with Crippen molar-refractivity contribution in [3.8, 4) is 5.88 Å². The summed E-state index contributed by atoms with van der Waals surface area (Å²) in [4.78, 5) is 107. The summed E-state index contributed by atoms with van der Waals surface area (Å²) in [5, 5.41) is 21.0. The molecule has 0 aromatic carbocycles. The third kappa shape index (κ3) is 14.7. The van der Waals surface area contributed by atoms with E-state index in [1.54, 1.807) is 13.8 Å². The lowest BCUT2D eigenvalue weighted by Crippen LogP contribution is -2.43. The predicted octanol–water partition coefficient (Wildman–Crippen LogP) is 0.577. The van der Waals surface area contributed by atoms with Crippen molar-refractivity contribution in [3.63, 3.8) is 0 Å². The summed E-state index contributed by atoms with van der Waals surface area (Å²) in [5.41, 5.74) is -0.923. The van der Waals surface area contributed by atoms with E-state index in [2.05, 4.69) is 41.2 Å². The number of imidazole rings is 1. The number of aliphatic hydroxyl groups excluding tert-OH is 2. The van der Waals surface area contributed by atoms with Gasteiger partial charge in [-0.1, -0.05) is 0 Å². The van der Waals surface area contributed by atoms with Gasteiger partial charge in [0.2, 0.25) is 5.88 Å². The average Bonchev–Trinajstić information content (AvgIpc) is 3.70. The minimum atomic E-state index is -5.72. The third-order valence-electron chi connectivity index (χ3n) is 8.50. The molecule has 5 rings (SSSR count). The van der Waals surface area contributed by atoms with Crippen LogP contribution in [-0.2, 0) is 63.2 Å². The van der Waals surface area contributed by atoms with Gasteiger partial charge in [-0.3, -0.25) is 28.0 Å². The summed E-state index contributed by atoms with van der Waals surface area (Å²) in [6, 6.07) is 0. The molecule has 12 atom stereocenters. The fraction of sp³-hybridized carbons (Fsp3) is 0.640. The van der Waals surface area contributed by atoms with Crippen LogP contribution in [0.15, 0.2) is 22.1 Å². The number of halogens is 2. The molecule has 376 valence electrons. The number of aryl methyl sites for hydroxylation is 2. The maximum Gasteiger partial charge on any atom is 0.490 e. The average molecular weight is 1110 g/mol. The molecule has 2 aliphatic heterocycles. The number of alkyl halides is 2. The Labute approximate surface area is 378 Å². The van der Waals surface area contributed by atoms with Gasteiger partial charge in [-0.05, 0) is 34.6 Å². The van der Waals surface area contributed by atoms with Gasteiger partial charge in [0.15, 0.2) is 23.6 Å². The number of phosphoric acid groups is 6. The van der Waals surface area contributed by atoms with Gasteiger partial charge in [-0.25, -0.2) is 42.2 Å². The minimum absolute atomic E-state index is 0.113. The molecule has 0 bridgehead atoms. The highest BCUT2D eigenvalue weighted by Crippen LogP contribution is 2.67. The molecule has 5 heterocycles. The van der Waals surface area contributed by atoms with Crippen molar-refractivity contribution in [2.24, 2.45) is 0 Å². The molecule has 0 amide bonds. The Kier molecular flexibility index (Phi) is 17.7. The van der Waals surface area contributed by atoms with Crippen LogP contribution >= 0.6 is 70.1 Å². The smallest absolute Gasteiger partial charge is 0.476 e. The van der Waals surface area contributed by atoms with Gasteiger partial charge in [-0.2, -0.15) is 22.2 Å². The topological polar surface area (TPSA) is 486 Å². The number of hydrogen-bond acceptors (Lipinski definition) is 22. The maximum absolute atomic E-state index is 12.1. The SMILES string of the molecule is CCOc1nc(C)nc2c1ncn2[C@@H]1O[C@H](COP(=O)(O)OP(=O)(O)OP(=O)(O)O)[C@@H](O)[C@@]1(C)Cl.Cc1cn([C@@H]2O[C@H](COP(=O)(O)OP(=O)(O)OP(=O)(O)O)[C@@H](O)[C@@]2(C)Cl)c(=O)[nH]c1=O. The van der Waals surface area contributed by atoms with Crippen molar-refractivity contribution >= 4 is 81.3 Å². The first-order valence-electron chi connectivity index (χ1n) is 17.6. The Morgan fingerprint density at radius 1 is 0.727 bits per heavy atom. The lowest BCUT2D eigenvalue weighted by Gasteiger charge is -2.26. The zero-order valence-electron chi connectivity index (χ0n) is 33.8. The molecule has 4 unspecified atom stereocenters. The second-order valence-electron chi connectivity index (χ2n) is 13.8. The minimum Gasteiger partial charge on any atom is -0.476 e. The van der Waals surface area contributed by atoms with E-state index >= 15 is 0 Å². The molecule has 11 N–H and O–H groups in total. The lowest BCUT2D eigenvalue weighted by molar-refractivity contribution is -0.0461. The van der Waals surface area contributed by atoms with Crippen molar-refractivity contribution in [2.45, 2.75) is 81.2 Å². The van der Waals surface area contributed by atoms with Crippen LogP contribution in [0.1, 0.15) is 44.6 Å². The first-order valence-corrected chi connectivity index (χ1v) is 27.4. The van der Waals surface area contributed by atoms with E-state index in [0.717, 1.165) is 10.8 Å². The van der Waals surface area contributed by atoms with Crippen LogP contribution in [0.3, 0.4) is 0 Å². The van der Waals surface area contributed by atoms with Gasteiger partial charge in [-0.15, -0.1) is 23.2 Å². The van der Waals surface area contributed by atoms with Crippen LogP contribution < -0.4 is 16.0 Å². The molecule has 2 fully saturated rings. The second-order valence-corrected chi connectivity index (χ2v) is 24.3. The summed E-state index contributed by atoms with van der Waals surface area (Å²) in [7, 11) is -33.4. The van der Waals surface area contributed by atoms with Crippen LogP contribution in [0.5, 0.6) is 5.88 Å². The summed E-state index contributed by atoms with van der Waals surface area (Å²) >= 11 is 12.8. The van der Waals surface area contributed by atoms with Crippen molar-refractivity contribution in [3.05, 3.63) is 44.8 Å². The zero-order chi connectivity index (χ0) is 50.4. The molecule has 0 saturated carbocycles. The second kappa shape index (κ2) is 20.5. The number of nitrogens with one attached hydrogen (secondary N) is 1.